The van der Waals surface area contributed by atoms with Crippen LogP contribution >= 0.6 is 0 Å². The molecule has 0 aliphatic rings. The van der Waals surface area contributed by atoms with Gasteiger partial charge in [0.25, 0.3) is 0 Å². The standard InChI is InChI=1S/C14H19NO3/c1-10(2)11-5-7-12(8-6-11)14(3,13(17)18)15(4)9-16/h5-10H,1-4H3,(H,17,18). The van der Waals surface area contributed by atoms with Gasteiger partial charge in [-0.25, -0.2) is 4.79 Å². The minimum absolute atomic E-state index is 0.388. The summed E-state index contributed by atoms with van der Waals surface area (Å²) in [6.45, 7) is 5.67. The predicted molar refractivity (Wildman–Crippen MR) is 69.3 cm³/mol. The molecule has 0 saturated heterocycles. The van der Waals surface area contributed by atoms with E-state index in [0.717, 1.165) is 5.56 Å². The van der Waals surface area contributed by atoms with Gasteiger partial charge < -0.3 is 10.0 Å². The van der Waals surface area contributed by atoms with E-state index in [0.29, 0.717) is 17.9 Å². The lowest BCUT2D eigenvalue weighted by molar-refractivity contribution is -0.153. The number of nitrogens with zero attached hydrogens (tertiary/aromatic N) is 1. The van der Waals surface area contributed by atoms with Gasteiger partial charge in [0.05, 0.1) is 0 Å². The molecule has 1 unspecified atom stereocenters. The fourth-order valence-corrected chi connectivity index (χ4v) is 1.78. The van der Waals surface area contributed by atoms with E-state index in [4.69, 9.17) is 0 Å². The minimum Gasteiger partial charge on any atom is -0.479 e. The SMILES string of the molecule is CC(C)c1ccc(C(C)(C(=O)O)N(C)C=O)cc1. The van der Waals surface area contributed by atoms with Crippen molar-refractivity contribution in [3.05, 3.63) is 35.4 Å². The van der Waals surface area contributed by atoms with Crippen molar-refractivity contribution in [3.8, 4) is 0 Å². The zero-order chi connectivity index (χ0) is 13.9. The Balaban J connectivity index is 3.23. The zero-order valence-electron chi connectivity index (χ0n) is 11.2. The summed E-state index contributed by atoms with van der Waals surface area (Å²) < 4.78 is 0. The van der Waals surface area contributed by atoms with E-state index in [9.17, 15) is 14.7 Å². The molecule has 1 aromatic carbocycles. The van der Waals surface area contributed by atoms with E-state index in [1.54, 1.807) is 12.1 Å². The highest BCUT2D eigenvalue weighted by atomic mass is 16.4. The number of carbonyl (C=O) groups is 2. The summed E-state index contributed by atoms with van der Waals surface area (Å²) in [5, 5.41) is 9.37. The number of benzene rings is 1. The molecular weight excluding hydrogens is 230 g/mol. The van der Waals surface area contributed by atoms with Crippen LogP contribution < -0.4 is 0 Å². The number of likely N-dealkylation sites (N-methyl/N-ethyl adjacent to an activating group) is 1. The number of carboxylic acids is 1. The van der Waals surface area contributed by atoms with E-state index in [2.05, 4.69) is 13.8 Å². The first-order valence-corrected chi connectivity index (χ1v) is 5.86. The lowest BCUT2D eigenvalue weighted by Crippen LogP contribution is -2.47. The van der Waals surface area contributed by atoms with Crippen LogP contribution in [0.5, 0.6) is 0 Å². The molecule has 0 radical (unpaired) electrons. The summed E-state index contributed by atoms with van der Waals surface area (Å²) in [7, 11) is 1.47. The Kier molecular flexibility index (Phi) is 4.11. The molecule has 4 heteroatoms. The van der Waals surface area contributed by atoms with Gasteiger partial charge in [0.15, 0.2) is 5.54 Å². The Labute approximate surface area is 107 Å². The number of aliphatic carboxylic acids is 1. The summed E-state index contributed by atoms with van der Waals surface area (Å²) in [5.74, 6) is -0.659. The van der Waals surface area contributed by atoms with E-state index in [1.807, 2.05) is 12.1 Å². The summed E-state index contributed by atoms with van der Waals surface area (Å²) in [6, 6.07) is 7.34. The molecule has 98 valence electrons. The molecule has 0 heterocycles. The van der Waals surface area contributed by atoms with Crippen LogP contribution in [0.15, 0.2) is 24.3 Å². The second-order valence-electron chi connectivity index (χ2n) is 4.87. The topological polar surface area (TPSA) is 57.6 Å². The van der Waals surface area contributed by atoms with Crippen LogP contribution in [0.3, 0.4) is 0 Å². The van der Waals surface area contributed by atoms with Gasteiger partial charge in [0.2, 0.25) is 6.41 Å². The molecular formula is C14H19NO3. The van der Waals surface area contributed by atoms with Gasteiger partial charge in [-0.05, 0) is 24.0 Å². The van der Waals surface area contributed by atoms with Crippen molar-refractivity contribution in [2.24, 2.45) is 0 Å². The van der Waals surface area contributed by atoms with Crippen LogP contribution in [0, 0.1) is 0 Å². The third kappa shape index (κ3) is 2.37. The lowest BCUT2D eigenvalue weighted by Gasteiger charge is -2.32. The normalized spacial score (nSPS) is 14.1. The van der Waals surface area contributed by atoms with E-state index < -0.39 is 11.5 Å². The molecule has 0 bridgehead atoms. The Bertz CT molecular complexity index is 439. The van der Waals surface area contributed by atoms with Crippen molar-refractivity contribution in [1.29, 1.82) is 0 Å². The van der Waals surface area contributed by atoms with Gasteiger partial charge in [-0.2, -0.15) is 0 Å². The molecule has 0 saturated carbocycles. The Morgan fingerprint density at radius 2 is 1.83 bits per heavy atom. The minimum atomic E-state index is -1.34. The van der Waals surface area contributed by atoms with Gasteiger partial charge >= 0.3 is 5.97 Å². The largest absolute Gasteiger partial charge is 0.479 e. The molecule has 1 amide bonds. The van der Waals surface area contributed by atoms with Crippen molar-refractivity contribution >= 4 is 12.4 Å². The number of hydrogen-bond acceptors (Lipinski definition) is 2. The van der Waals surface area contributed by atoms with Crippen LogP contribution in [-0.2, 0) is 15.1 Å². The van der Waals surface area contributed by atoms with Crippen molar-refractivity contribution in [2.45, 2.75) is 32.2 Å². The highest BCUT2D eigenvalue weighted by Gasteiger charge is 2.39. The maximum absolute atomic E-state index is 11.4. The first-order valence-electron chi connectivity index (χ1n) is 5.86. The summed E-state index contributed by atoms with van der Waals surface area (Å²) in [4.78, 5) is 23.5. The lowest BCUT2D eigenvalue weighted by atomic mass is 9.89. The first-order chi connectivity index (χ1) is 8.33. The smallest absolute Gasteiger partial charge is 0.334 e. The van der Waals surface area contributed by atoms with E-state index in [1.165, 1.54) is 18.9 Å². The molecule has 0 aliphatic heterocycles. The summed E-state index contributed by atoms with van der Waals surface area (Å²) in [5.41, 5.74) is 0.395. The average molecular weight is 249 g/mol. The molecule has 0 aromatic heterocycles. The maximum atomic E-state index is 11.4. The summed E-state index contributed by atoms with van der Waals surface area (Å²) in [6.07, 6.45) is 0.532. The first kappa shape index (κ1) is 14.2. The average Bonchev–Trinajstić information content (AvgIpc) is 2.36. The molecule has 0 spiro atoms. The van der Waals surface area contributed by atoms with Crippen LogP contribution in [0.2, 0.25) is 0 Å². The monoisotopic (exact) mass is 249 g/mol. The Morgan fingerprint density at radius 1 is 1.33 bits per heavy atom. The van der Waals surface area contributed by atoms with Crippen molar-refractivity contribution in [3.63, 3.8) is 0 Å². The van der Waals surface area contributed by atoms with Crippen molar-refractivity contribution < 1.29 is 14.7 Å². The van der Waals surface area contributed by atoms with Crippen molar-refractivity contribution in [2.75, 3.05) is 7.05 Å². The van der Waals surface area contributed by atoms with Gasteiger partial charge in [-0.1, -0.05) is 38.1 Å². The quantitative estimate of drug-likeness (QED) is 0.814. The predicted octanol–water partition coefficient (Wildman–Crippen LogP) is 2.20. The second-order valence-corrected chi connectivity index (χ2v) is 4.87. The number of rotatable bonds is 5. The molecule has 4 nitrogen and oxygen atoms in total. The van der Waals surface area contributed by atoms with E-state index >= 15 is 0 Å². The van der Waals surface area contributed by atoms with Gasteiger partial charge in [0, 0.05) is 7.05 Å². The Morgan fingerprint density at radius 3 is 2.17 bits per heavy atom. The number of carbonyl (C=O) groups excluding carboxylic acids is 1. The third-order valence-electron chi connectivity index (χ3n) is 3.42. The van der Waals surface area contributed by atoms with Crippen molar-refractivity contribution in [1.82, 2.24) is 4.90 Å². The highest BCUT2D eigenvalue weighted by molar-refractivity contribution is 5.82. The van der Waals surface area contributed by atoms with Gasteiger partial charge in [-0.15, -0.1) is 0 Å². The molecule has 0 aliphatic carbocycles. The van der Waals surface area contributed by atoms with Crippen LogP contribution in [0.4, 0.5) is 0 Å². The third-order valence-corrected chi connectivity index (χ3v) is 3.42. The fourth-order valence-electron chi connectivity index (χ4n) is 1.78. The highest BCUT2D eigenvalue weighted by Crippen LogP contribution is 2.28. The van der Waals surface area contributed by atoms with Crippen LogP contribution in [0.1, 0.15) is 37.8 Å². The molecule has 1 rings (SSSR count). The second kappa shape index (κ2) is 5.21. The number of hydrogen-bond donors (Lipinski definition) is 1. The van der Waals surface area contributed by atoms with E-state index in [-0.39, 0.29) is 0 Å². The van der Waals surface area contributed by atoms with Gasteiger partial charge in [-0.3, -0.25) is 4.79 Å². The van der Waals surface area contributed by atoms with Crippen LogP contribution in [0.25, 0.3) is 0 Å². The maximum Gasteiger partial charge on any atom is 0.334 e. The molecule has 1 N–H and O–H groups in total. The molecule has 1 atom stereocenters. The number of amides is 1. The van der Waals surface area contributed by atoms with Gasteiger partial charge in [0.1, 0.15) is 0 Å². The zero-order valence-corrected chi connectivity index (χ0v) is 11.2. The molecule has 1 aromatic rings. The fraction of sp³-hybridized carbons (Fsp3) is 0.429. The molecule has 18 heavy (non-hydrogen) atoms. The molecule has 0 fully saturated rings. The summed E-state index contributed by atoms with van der Waals surface area (Å²) >= 11 is 0. The van der Waals surface area contributed by atoms with Crippen LogP contribution in [-0.4, -0.2) is 29.4 Å². The number of carboxylic acid groups (broad SMARTS) is 1. The Hall–Kier alpha value is -1.84.